The summed E-state index contributed by atoms with van der Waals surface area (Å²) in [5.74, 6) is 1.72. The number of nitrogens with zero attached hydrogens (tertiary/aromatic N) is 1. The summed E-state index contributed by atoms with van der Waals surface area (Å²) in [6, 6.07) is 12.3. The highest BCUT2D eigenvalue weighted by Crippen LogP contribution is 2.13. The molecule has 0 fully saturated rings. The number of thiophene rings is 1. The Kier molecular flexibility index (Phi) is 9.70. The zero-order valence-electron chi connectivity index (χ0n) is 13.5. The molecule has 0 saturated heterocycles. The lowest BCUT2D eigenvalue weighted by Gasteiger charge is -2.12. The van der Waals surface area contributed by atoms with E-state index in [1.54, 1.807) is 18.4 Å². The number of halogens is 1. The molecule has 0 atom stereocenters. The van der Waals surface area contributed by atoms with Crippen LogP contribution in [0.4, 0.5) is 0 Å². The minimum atomic E-state index is 0. The lowest BCUT2D eigenvalue weighted by molar-refractivity contribution is 0.340. The fourth-order valence-electron chi connectivity index (χ4n) is 2.08. The quantitative estimate of drug-likeness (QED) is 0.389. The van der Waals surface area contributed by atoms with Crippen molar-refractivity contribution in [1.29, 1.82) is 0 Å². The van der Waals surface area contributed by atoms with Gasteiger partial charge in [0.15, 0.2) is 5.96 Å². The van der Waals surface area contributed by atoms with E-state index in [0.29, 0.717) is 6.61 Å². The number of nitrogens with one attached hydrogen (secondary N) is 2. The van der Waals surface area contributed by atoms with Gasteiger partial charge in [0, 0.05) is 25.0 Å². The van der Waals surface area contributed by atoms with Crippen LogP contribution in [0.1, 0.15) is 17.4 Å². The lowest BCUT2D eigenvalue weighted by atomic mass is 10.2. The molecule has 1 aromatic carbocycles. The van der Waals surface area contributed by atoms with Gasteiger partial charge in [-0.1, -0.05) is 18.2 Å². The topological polar surface area (TPSA) is 45.6 Å². The van der Waals surface area contributed by atoms with Gasteiger partial charge in [-0.05, 0) is 42.5 Å². The second kappa shape index (κ2) is 11.3. The summed E-state index contributed by atoms with van der Waals surface area (Å²) in [4.78, 5) is 5.63. The van der Waals surface area contributed by atoms with Gasteiger partial charge < -0.3 is 15.4 Å². The van der Waals surface area contributed by atoms with Gasteiger partial charge in [-0.25, -0.2) is 0 Å². The number of hydrogen-bond donors (Lipinski definition) is 2. The molecule has 2 rings (SSSR count). The van der Waals surface area contributed by atoms with E-state index in [2.05, 4.69) is 45.3 Å². The van der Waals surface area contributed by atoms with Gasteiger partial charge in [0.05, 0.1) is 6.61 Å². The average molecular weight is 445 g/mol. The number of hydrogen-bond acceptors (Lipinski definition) is 3. The normalized spacial score (nSPS) is 10.8. The van der Waals surface area contributed by atoms with E-state index < -0.39 is 0 Å². The predicted octanol–water partition coefficient (Wildman–Crippen LogP) is 3.67. The van der Waals surface area contributed by atoms with Gasteiger partial charge in [-0.3, -0.25) is 4.99 Å². The molecule has 23 heavy (non-hydrogen) atoms. The molecule has 126 valence electrons. The Bertz CT molecular complexity index is 587. The molecule has 0 bridgehead atoms. The largest absolute Gasteiger partial charge is 0.494 e. The van der Waals surface area contributed by atoms with Crippen molar-refractivity contribution in [2.45, 2.75) is 19.9 Å². The summed E-state index contributed by atoms with van der Waals surface area (Å²) in [6.07, 6.45) is 1.01. The summed E-state index contributed by atoms with van der Waals surface area (Å²) >= 11 is 1.78. The Morgan fingerprint density at radius 3 is 2.78 bits per heavy atom. The van der Waals surface area contributed by atoms with Crippen molar-refractivity contribution in [3.8, 4) is 5.75 Å². The van der Waals surface area contributed by atoms with Gasteiger partial charge in [0.2, 0.25) is 0 Å². The summed E-state index contributed by atoms with van der Waals surface area (Å²) < 4.78 is 5.51. The monoisotopic (exact) mass is 445 g/mol. The van der Waals surface area contributed by atoms with Crippen LogP contribution in [0.5, 0.6) is 5.75 Å². The van der Waals surface area contributed by atoms with Crippen LogP contribution < -0.4 is 15.4 Å². The molecule has 1 aromatic heterocycles. The molecule has 0 amide bonds. The Hall–Kier alpha value is -1.28. The molecular formula is C17H24IN3OS. The standard InChI is InChI=1S/C17H23N3OS.HI/c1-3-21-15-7-4-6-14(12-15)13-20-17(18-2)19-10-9-16-8-5-11-22-16;/h4-8,11-12H,3,9-10,13H2,1-2H3,(H2,18,19,20);1H. The highest BCUT2D eigenvalue weighted by atomic mass is 127. The van der Waals surface area contributed by atoms with Gasteiger partial charge in [0.25, 0.3) is 0 Å². The van der Waals surface area contributed by atoms with E-state index in [4.69, 9.17) is 4.74 Å². The number of aliphatic imine (C=N–C) groups is 1. The van der Waals surface area contributed by atoms with E-state index in [0.717, 1.165) is 31.2 Å². The Morgan fingerprint density at radius 1 is 1.22 bits per heavy atom. The Labute approximate surface area is 159 Å². The Balaban J connectivity index is 0.00000264. The lowest BCUT2D eigenvalue weighted by Crippen LogP contribution is -2.37. The summed E-state index contributed by atoms with van der Waals surface area (Å²) in [7, 11) is 1.79. The van der Waals surface area contributed by atoms with Crippen LogP contribution in [0.15, 0.2) is 46.8 Å². The van der Waals surface area contributed by atoms with Crippen LogP contribution in [0, 0.1) is 0 Å². The molecule has 0 spiro atoms. The molecule has 0 aliphatic heterocycles. The predicted molar refractivity (Wildman–Crippen MR) is 109 cm³/mol. The first-order chi connectivity index (χ1) is 10.8. The molecule has 0 aliphatic rings. The van der Waals surface area contributed by atoms with E-state index >= 15 is 0 Å². The minimum Gasteiger partial charge on any atom is -0.494 e. The molecule has 6 heteroatoms. The summed E-state index contributed by atoms with van der Waals surface area (Å²) in [5, 5.41) is 8.76. The van der Waals surface area contributed by atoms with Crippen molar-refractivity contribution in [3.05, 3.63) is 52.2 Å². The zero-order valence-corrected chi connectivity index (χ0v) is 16.7. The first-order valence-electron chi connectivity index (χ1n) is 7.50. The molecule has 0 saturated carbocycles. The van der Waals surface area contributed by atoms with E-state index in [9.17, 15) is 0 Å². The van der Waals surface area contributed by atoms with Crippen LogP contribution in [0.2, 0.25) is 0 Å². The molecule has 2 aromatic rings. The maximum Gasteiger partial charge on any atom is 0.191 e. The SMILES string of the molecule is CCOc1cccc(CNC(=NC)NCCc2cccs2)c1.I. The van der Waals surface area contributed by atoms with Crippen molar-refractivity contribution < 1.29 is 4.74 Å². The number of benzene rings is 1. The average Bonchev–Trinajstić information content (AvgIpc) is 3.05. The van der Waals surface area contributed by atoms with Crippen molar-refractivity contribution >= 4 is 41.3 Å². The zero-order chi connectivity index (χ0) is 15.6. The van der Waals surface area contributed by atoms with Crippen molar-refractivity contribution in [3.63, 3.8) is 0 Å². The fraction of sp³-hybridized carbons (Fsp3) is 0.353. The number of ether oxygens (including phenoxy) is 1. The molecule has 0 radical (unpaired) electrons. The first-order valence-corrected chi connectivity index (χ1v) is 8.38. The second-order valence-electron chi connectivity index (χ2n) is 4.76. The smallest absolute Gasteiger partial charge is 0.191 e. The van der Waals surface area contributed by atoms with Crippen LogP contribution in [-0.4, -0.2) is 26.2 Å². The summed E-state index contributed by atoms with van der Waals surface area (Å²) in [5.41, 5.74) is 1.17. The van der Waals surface area contributed by atoms with Crippen molar-refractivity contribution in [1.82, 2.24) is 10.6 Å². The van der Waals surface area contributed by atoms with Crippen LogP contribution in [-0.2, 0) is 13.0 Å². The first kappa shape index (κ1) is 19.8. The van der Waals surface area contributed by atoms with Gasteiger partial charge in [-0.15, -0.1) is 35.3 Å². The molecular weight excluding hydrogens is 421 g/mol. The maximum atomic E-state index is 5.51. The highest BCUT2D eigenvalue weighted by Gasteiger charge is 2.00. The second-order valence-corrected chi connectivity index (χ2v) is 5.79. The molecule has 4 nitrogen and oxygen atoms in total. The molecule has 2 N–H and O–H groups in total. The van der Waals surface area contributed by atoms with Crippen LogP contribution in [0.25, 0.3) is 0 Å². The van der Waals surface area contributed by atoms with E-state index in [-0.39, 0.29) is 24.0 Å². The number of rotatable bonds is 7. The molecule has 0 aliphatic carbocycles. The van der Waals surface area contributed by atoms with E-state index in [1.807, 2.05) is 19.1 Å². The molecule has 0 unspecified atom stereocenters. The third-order valence-corrected chi connectivity index (χ3v) is 4.07. The van der Waals surface area contributed by atoms with Crippen LogP contribution in [0.3, 0.4) is 0 Å². The van der Waals surface area contributed by atoms with Crippen molar-refractivity contribution in [2.75, 3.05) is 20.2 Å². The Morgan fingerprint density at radius 2 is 2.09 bits per heavy atom. The highest BCUT2D eigenvalue weighted by molar-refractivity contribution is 14.0. The van der Waals surface area contributed by atoms with Gasteiger partial charge >= 0.3 is 0 Å². The minimum absolute atomic E-state index is 0. The van der Waals surface area contributed by atoms with Crippen LogP contribution >= 0.6 is 35.3 Å². The maximum absolute atomic E-state index is 5.51. The van der Waals surface area contributed by atoms with Crippen molar-refractivity contribution in [2.24, 2.45) is 4.99 Å². The number of guanidine groups is 1. The third-order valence-electron chi connectivity index (χ3n) is 3.14. The third kappa shape index (κ3) is 7.22. The molecule has 1 heterocycles. The van der Waals surface area contributed by atoms with Gasteiger partial charge in [0.1, 0.15) is 5.75 Å². The summed E-state index contributed by atoms with van der Waals surface area (Å²) in [6.45, 7) is 4.27. The van der Waals surface area contributed by atoms with E-state index in [1.165, 1.54) is 10.4 Å². The fourth-order valence-corrected chi connectivity index (χ4v) is 2.79. The van der Waals surface area contributed by atoms with Gasteiger partial charge in [-0.2, -0.15) is 0 Å².